The van der Waals surface area contributed by atoms with Gasteiger partial charge < -0.3 is 14.9 Å². The summed E-state index contributed by atoms with van der Waals surface area (Å²) in [6, 6.07) is 10.7. The Morgan fingerprint density at radius 2 is 2.04 bits per heavy atom. The number of aliphatic hydroxyl groups excluding tert-OH is 1. The minimum atomic E-state index is -1.40. The first-order chi connectivity index (χ1) is 11.9. The van der Waals surface area contributed by atoms with Gasteiger partial charge in [-0.3, -0.25) is 14.9 Å². The third-order valence-electron chi connectivity index (χ3n) is 3.25. The molecule has 2 aromatic rings. The molecule has 0 unspecified atom stereocenters. The maximum Gasteiger partial charge on any atom is 0.315 e. The van der Waals surface area contributed by atoms with Gasteiger partial charge in [0.05, 0.1) is 18.2 Å². The summed E-state index contributed by atoms with van der Waals surface area (Å²) in [4.78, 5) is 22.0. The number of hydrazone groups is 1. The van der Waals surface area contributed by atoms with Gasteiger partial charge in [-0.25, -0.2) is 5.43 Å². The Kier molecular flexibility index (Phi) is 5.64. The number of phenolic OH excluding ortho intramolecular Hbond substituents is 1. The lowest BCUT2D eigenvalue weighted by molar-refractivity contribution is -0.386. The smallest absolute Gasteiger partial charge is 0.315 e. The van der Waals surface area contributed by atoms with Crippen LogP contribution in [0, 0.1) is 10.1 Å². The molecule has 0 heterocycles. The molecule has 1 amide bonds. The van der Waals surface area contributed by atoms with Gasteiger partial charge in [-0.15, -0.1) is 0 Å². The highest BCUT2D eigenvalue weighted by Gasteiger charge is 2.19. The molecule has 25 heavy (non-hydrogen) atoms. The molecular weight excluding hydrogens is 330 g/mol. The van der Waals surface area contributed by atoms with Crippen molar-refractivity contribution in [1.29, 1.82) is 0 Å². The molecule has 9 heteroatoms. The van der Waals surface area contributed by atoms with Crippen molar-refractivity contribution in [3.63, 3.8) is 0 Å². The molecule has 0 aliphatic rings. The number of benzene rings is 2. The molecule has 0 radical (unpaired) electrons. The topological polar surface area (TPSA) is 134 Å². The lowest BCUT2D eigenvalue weighted by atomic mass is 10.1. The third kappa shape index (κ3) is 4.30. The fourth-order valence-electron chi connectivity index (χ4n) is 2.00. The van der Waals surface area contributed by atoms with Crippen molar-refractivity contribution in [2.24, 2.45) is 5.10 Å². The van der Waals surface area contributed by atoms with Crippen molar-refractivity contribution in [1.82, 2.24) is 5.43 Å². The molecule has 130 valence electrons. The number of nitro benzene ring substituents is 1. The summed E-state index contributed by atoms with van der Waals surface area (Å²) in [7, 11) is 1.25. The highest BCUT2D eigenvalue weighted by atomic mass is 16.6. The van der Waals surface area contributed by atoms with E-state index in [0.29, 0.717) is 5.56 Å². The lowest BCUT2D eigenvalue weighted by Gasteiger charge is -2.08. The highest BCUT2D eigenvalue weighted by molar-refractivity contribution is 5.86. The normalized spacial score (nSPS) is 11.9. The van der Waals surface area contributed by atoms with Gasteiger partial charge in [0, 0.05) is 11.6 Å². The third-order valence-corrected chi connectivity index (χ3v) is 3.25. The summed E-state index contributed by atoms with van der Waals surface area (Å²) in [5, 5.41) is 34.1. The van der Waals surface area contributed by atoms with E-state index in [4.69, 9.17) is 4.74 Å². The number of methoxy groups -OCH3 is 1. The molecule has 9 nitrogen and oxygen atoms in total. The van der Waals surface area contributed by atoms with Crippen molar-refractivity contribution in [3.05, 3.63) is 63.7 Å². The Hall–Kier alpha value is -3.46. The summed E-state index contributed by atoms with van der Waals surface area (Å²) in [5.74, 6) is -1.47. The van der Waals surface area contributed by atoms with E-state index in [1.165, 1.54) is 13.2 Å². The van der Waals surface area contributed by atoms with Crippen LogP contribution in [0.15, 0.2) is 47.6 Å². The number of nitrogens with zero attached hydrogens (tertiary/aromatic N) is 2. The van der Waals surface area contributed by atoms with Crippen LogP contribution in [-0.4, -0.2) is 34.4 Å². The van der Waals surface area contributed by atoms with E-state index in [1.807, 2.05) is 0 Å². The van der Waals surface area contributed by atoms with Gasteiger partial charge in [-0.05, 0) is 11.6 Å². The predicted molar refractivity (Wildman–Crippen MR) is 88.5 cm³/mol. The first kappa shape index (κ1) is 17.9. The number of phenols is 1. The number of aromatic hydroxyl groups is 1. The van der Waals surface area contributed by atoms with Crippen LogP contribution in [-0.2, 0) is 4.79 Å². The van der Waals surface area contributed by atoms with E-state index >= 15 is 0 Å². The molecule has 2 aromatic carbocycles. The van der Waals surface area contributed by atoms with Crippen LogP contribution in [0.4, 0.5) is 5.69 Å². The Bertz CT molecular complexity index is 807. The predicted octanol–water partition coefficient (Wildman–Crippen LogP) is 1.49. The SMILES string of the molecule is COc1cc(/C=N/NC(=O)[C@H](O)c2ccccc2)cc([N+](=O)[O-])c1O. The van der Waals surface area contributed by atoms with E-state index in [0.717, 1.165) is 12.3 Å². The van der Waals surface area contributed by atoms with Crippen LogP contribution in [0.2, 0.25) is 0 Å². The number of aliphatic hydroxyl groups is 1. The van der Waals surface area contributed by atoms with Gasteiger partial charge in [-0.1, -0.05) is 30.3 Å². The summed E-state index contributed by atoms with van der Waals surface area (Å²) >= 11 is 0. The van der Waals surface area contributed by atoms with Crippen LogP contribution in [0.1, 0.15) is 17.2 Å². The number of nitro groups is 1. The highest BCUT2D eigenvalue weighted by Crippen LogP contribution is 2.36. The average molecular weight is 345 g/mol. The van der Waals surface area contributed by atoms with Crippen LogP contribution in [0.5, 0.6) is 11.5 Å². The van der Waals surface area contributed by atoms with Crippen molar-refractivity contribution >= 4 is 17.8 Å². The van der Waals surface area contributed by atoms with Crippen molar-refractivity contribution < 1.29 is 24.7 Å². The number of hydrogen-bond donors (Lipinski definition) is 3. The summed E-state index contributed by atoms with van der Waals surface area (Å²) < 4.78 is 4.86. The molecule has 0 aromatic heterocycles. The maximum atomic E-state index is 11.8. The molecule has 1 atom stereocenters. The fourth-order valence-corrected chi connectivity index (χ4v) is 2.00. The lowest BCUT2D eigenvalue weighted by Crippen LogP contribution is -2.25. The van der Waals surface area contributed by atoms with Crippen LogP contribution < -0.4 is 10.2 Å². The summed E-state index contributed by atoms with van der Waals surface area (Å²) in [6.45, 7) is 0. The number of rotatable bonds is 6. The minimum Gasteiger partial charge on any atom is -0.500 e. The Morgan fingerprint density at radius 3 is 2.64 bits per heavy atom. The zero-order valence-electron chi connectivity index (χ0n) is 13.1. The van der Waals surface area contributed by atoms with Crippen LogP contribution in [0.3, 0.4) is 0 Å². The largest absolute Gasteiger partial charge is 0.500 e. The first-order valence-electron chi connectivity index (χ1n) is 7.05. The molecule has 0 aliphatic heterocycles. The molecule has 2 rings (SSSR count). The molecule has 0 bridgehead atoms. The second-order valence-electron chi connectivity index (χ2n) is 4.90. The Labute approximate surface area is 142 Å². The van der Waals surface area contributed by atoms with Crippen LogP contribution >= 0.6 is 0 Å². The molecule has 0 aliphatic carbocycles. The Morgan fingerprint density at radius 1 is 1.36 bits per heavy atom. The van der Waals surface area contributed by atoms with E-state index in [2.05, 4.69) is 10.5 Å². The first-order valence-corrected chi connectivity index (χ1v) is 7.05. The van der Waals surface area contributed by atoms with Gasteiger partial charge in [0.2, 0.25) is 5.75 Å². The minimum absolute atomic E-state index is 0.105. The van der Waals surface area contributed by atoms with E-state index in [-0.39, 0.29) is 11.3 Å². The number of ether oxygens (including phenoxy) is 1. The molecule has 0 fully saturated rings. The zero-order chi connectivity index (χ0) is 18.4. The van der Waals surface area contributed by atoms with Gasteiger partial charge in [0.1, 0.15) is 0 Å². The van der Waals surface area contributed by atoms with Crippen molar-refractivity contribution in [3.8, 4) is 11.5 Å². The van der Waals surface area contributed by atoms with Crippen molar-refractivity contribution in [2.75, 3.05) is 7.11 Å². The quantitative estimate of drug-likeness (QED) is 0.412. The van der Waals surface area contributed by atoms with Gasteiger partial charge >= 0.3 is 5.69 Å². The second-order valence-corrected chi connectivity index (χ2v) is 4.90. The van der Waals surface area contributed by atoms with E-state index in [1.54, 1.807) is 30.3 Å². The number of amides is 1. The number of carbonyl (C=O) groups excluding carboxylic acids is 1. The second kappa shape index (κ2) is 7.88. The Balaban J connectivity index is 2.13. The van der Waals surface area contributed by atoms with Gasteiger partial charge in [0.25, 0.3) is 5.91 Å². The molecule has 0 saturated carbocycles. The maximum absolute atomic E-state index is 11.8. The fraction of sp³-hybridized carbons (Fsp3) is 0.125. The van der Waals surface area contributed by atoms with Crippen LogP contribution in [0.25, 0.3) is 0 Å². The number of carbonyl (C=O) groups is 1. The monoisotopic (exact) mass is 345 g/mol. The van der Waals surface area contributed by atoms with Gasteiger partial charge in [0.15, 0.2) is 11.9 Å². The molecule has 0 saturated heterocycles. The molecule has 0 spiro atoms. The summed E-state index contributed by atoms with van der Waals surface area (Å²) in [6.07, 6.45) is -0.271. The molecule has 3 N–H and O–H groups in total. The average Bonchev–Trinajstić information content (AvgIpc) is 2.62. The number of hydrogen-bond acceptors (Lipinski definition) is 7. The van der Waals surface area contributed by atoms with Crippen molar-refractivity contribution in [2.45, 2.75) is 6.10 Å². The van der Waals surface area contributed by atoms with E-state index in [9.17, 15) is 25.1 Å². The van der Waals surface area contributed by atoms with Gasteiger partial charge in [-0.2, -0.15) is 5.10 Å². The summed E-state index contributed by atoms with van der Waals surface area (Å²) in [5.41, 5.74) is 2.20. The standard InChI is InChI=1S/C16H15N3O6/c1-25-13-8-10(7-12(15(13)21)19(23)24)9-17-18-16(22)14(20)11-5-3-2-4-6-11/h2-9,14,20-21H,1H3,(H,18,22)/b17-9+/t14-/m1/s1. The molecular formula is C16H15N3O6. The zero-order valence-corrected chi connectivity index (χ0v) is 13.1. The van der Waals surface area contributed by atoms with E-state index < -0.39 is 28.4 Å². The number of nitrogens with one attached hydrogen (secondary N) is 1.